The fraction of sp³-hybridized carbons (Fsp3) is 0.900. The van der Waals surface area contributed by atoms with Crippen LogP contribution in [0.5, 0.6) is 0 Å². The highest BCUT2D eigenvalue weighted by atomic mass is 32.2. The number of carbonyl (C=O) groups excluding carboxylic acids is 1. The standard InChI is InChI=1S/C10H18N2OS/c1-3-10(2)9(13)12(7-11-10)8-4-5-14-6-8/h8,11H,3-7H2,1-2H3. The van der Waals surface area contributed by atoms with E-state index < -0.39 is 0 Å². The van der Waals surface area contributed by atoms with E-state index in [9.17, 15) is 4.79 Å². The third-order valence-electron chi connectivity index (χ3n) is 3.43. The van der Waals surface area contributed by atoms with Crippen molar-refractivity contribution in [3.05, 3.63) is 0 Å². The van der Waals surface area contributed by atoms with Gasteiger partial charge in [0, 0.05) is 11.8 Å². The summed E-state index contributed by atoms with van der Waals surface area (Å²) in [7, 11) is 0. The van der Waals surface area contributed by atoms with Crippen molar-refractivity contribution in [2.24, 2.45) is 0 Å². The van der Waals surface area contributed by atoms with E-state index in [-0.39, 0.29) is 5.54 Å². The lowest BCUT2D eigenvalue weighted by atomic mass is 9.99. The van der Waals surface area contributed by atoms with E-state index in [2.05, 4.69) is 12.2 Å². The van der Waals surface area contributed by atoms with Gasteiger partial charge in [0.25, 0.3) is 0 Å². The molecule has 4 heteroatoms. The number of thioether (sulfide) groups is 1. The van der Waals surface area contributed by atoms with Gasteiger partial charge in [0.2, 0.25) is 5.91 Å². The van der Waals surface area contributed by atoms with Crippen LogP contribution in [0.1, 0.15) is 26.7 Å². The summed E-state index contributed by atoms with van der Waals surface area (Å²) in [5.74, 6) is 2.62. The zero-order chi connectivity index (χ0) is 10.2. The van der Waals surface area contributed by atoms with Crippen LogP contribution in [0.25, 0.3) is 0 Å². The molecule has 1 amide bonds. The molecule has 0 aliphatic carbocycles. The Hall–Kier alpha value is -0.220. The quantitative estimate of drug-likeness (QED) is 0.746. The van der Waals surface area contributed by atoms with E-state index in [0.29, 0.717) is 11.9 Å². The molecule has 2 heterocycles. The van der Waals surface area contributed by atoms with Crippen molar-refractivity contribution in [2.45, 2.75) is 38.3 Å². The van der Waals surface area contributed by atoms with Crippen molar-refractivity contribution in [1.82, 2.24) is 10.2 Å². The van der Waals surface area contributed by atoms with Crippen molar-refractivity contribution in [1.29, 1.82) is 0 Å². The van der Waals surface area contributed by atoms with Crippen molar-refractivity contribution >= 4 is 17.7 Å². The zero-order valence-electron chi connectivity index (χ0n) is 8.88. The largest absolute Gasteiger partial charge is 0.324 e. The summed E-state index contributed by atoms with van der Waals surface area (Å²) in [6, 6.07) is 0.480. The second kappa shape index (κ2) is 3.74. The maximum Gasteiger partial charge on any atom is 0.243 e. The van der Waals surface area contributed by atoms with Crippen molar-refractivity contribution < 1.29 is 4.79 Å². The lowest BCUT2D eigenvalue weighted by molar-refractivity contribution is -0.133. The number of amides is 1. The van der Waals surface area contributed by atoms with E-state index in [1.807, 2.05) is 23.6 Å². The van der Waals surface area contributed by atoms with Gasteiger partial charge >= 0.3 is 0 Å². The summed E-state index contributed by atoms with van der Waals surface area (Å²) in [6.07, 6.45) is 2.04. The van der Waals surface area contributed by atoms with Gasteiger partial charge in [-0.2, -0.15) is 11.8 Å². The van der Waals surface area contributed by atoms with Crippen molar-refractivity contribution in [3.63, 3.8) is 0 Å². The Morgan fingerprint density at radius 1 is 1.71 bits per heavy atom. The molecule has 0 spiro atoms. The predicted molar refractivity (Wildman–Crippen MR) is 59.3 cm³/mol. The Morgan fingerprint density at radius 3 is 3.00 bits per heavy atom. The van der Waals surface area contributed by atoms with Crippen LogP contribution in [0.15, 0.2) is 0 Å². The molecule has 0 radical (unpaired) electrons. The molecule has 2 rings (SSSR count). The van der Waals surface area contributed by atoms with Gasteiger partial charge in [-0.3, -0.25) is 10.1 Å². The Bertz CT molecular complexity index is 240. The van der Waals surface area contributed by atoms with Gasteiger partial charge in [-0.15, -0.1) is 0 Å². The maximum absolute atomic E-state index is 12.1. The van der Waals surface area contributed by atoms with E-state index in [1.165, 1.54) is 5.75 Å². The SMILES string of the molecule is CCC1(C)NCN(C2CCSC2)C1=O. The summed E-state index contributed by atoms with van der Waals surface area (Å²) in [6.45, 7) is 4.82. The molecule has 0 aromatic heterocycles. The topological polar surface area (TPSA) is 32.3 Å². The molecule has 2 aliphatic heterocycles. The Balaban J connectivity index is 2.06. The van der Waals surface area contributed by atoms with Gasteiger partial charge < -0.3 is 4.90 Å². The van der Waals surface area contributed by atoms with Gasteiger partial charge in [0.1, 0.15) is 0 Å². The summed E-state index contributed by atoms with van der Waals surface area (Å²) >= 11 is 1.96. The first kappa shape index (κ1) is 10.3. The molecule has 14 heavy (non-hydrogen) atoms. The number of carbonyl (C=O) groups is 1. The molecule has 2 fully saturated rings. The molecule has 2 atom stereocenters. The van der Waals surface area contributed by atoms with Crippen molar-refractivity contribution in [2.75, 3.05) is 18.2 Å². The molecule has 3 nitrogen and oxygen atoms in total. The monoisotopic (exact) mass is 214 g/mol. The molecule has 1 N–H and O–H groups in total. The highest BCUT2D eigenvalue weighted by Gasteiger charge is 2.43. The van der Waals surface area contributed by atoms with Gasteiger partial charge in [-0.05, 0) is 25.5 Å². The Morgan fingerprint density at radius 2 is 2.50 bits per heavy atom. The normalized spacial score (nSPS) is 38.3. The molecule has 0 bridgehead atoms. The first-order valence-corrected chi connectivity index (χ1v) is 6.46. The molecule has 80 valence electrons. The van der Waals surface area contributed by atoms with Gasteiger partial charge in [-0.25, -0.2) is 0 Å². The van der Waals surface area contributed by atoms with Gasteiger partial charge in [0.05, 0.1) is 12.2 Å². The third kappa shape index (κ3) is 1.54. The molecule has 0 saturated carbocycles. The smallest absolute Gasteiger partial charge is 0.243 e. The number of hydrogen-bond donors (Lipinski definition) is 1. The van der Waals surface area contributed by atoms with Crippen LogP contribution in [-0.4, -0.2) is 40.6 Å². The number of nitrogens with one attached hydrogen (secondary N) is 1. The number of hydrogen-bond acceptors (Lipinski definition) is 3. The Labute approximate surface area is 89.6 Å². The van der Waals surface area contributed by atoms with E-state index in [1.54, 1.807) is 0 Å². The lowest BCUT2D eigenvalue weighted by Gasteiger charge is -2.25. The minimum atomic E-state index is -0.298. The number of nitrogens with zero attached hydrogens (tertiary/aromatic N) is 1. The molecule has 2 saturated heterocycles. The maximum atomic E-state index is 12.1. The molecular formula is C10H18N2OS. The second-order valence-corrected chi connectivity index (χ2v) is 5.46. The van der Waals surface area contributed by atoms with Crippen LogP contribution in [0.2, 0.25) is 0 Å². The zero-order valence-corrected chi connectivity index (χ0v) is 9.69. The third-order valence-corrected chi connectivity index (χ3v) is 4.57. The highest BCUT2D eigenvalue weighted by Crippen LogP contribution is 2.28. The highest BCUT2D eigenvalue weighted by molar-refractivity contribution is 7.99. The van der Waals surface area contributed by atoms with E-state index in [0.717, 1.165) is 25.3 Å². The molecule has 0 aromatic carbocycles. The minimum absolute atomic E-state index is 0.298. The average Bonchev–Trinajstić information content (AvgIpc) is 2.78. The fourth-order valence-electron chi connectivity index (χ4n) is 2.06. The first-order valence-electron chi connectivity index (χ1n) is 5.31. The molecule has 0 aromatic rings. The summed E-state index contributed by atoms with van der Waals surface area (Å²) in [5.41, 5.74) is -0.298. The summed E-state index contributed by atoms with van der Waals surface area (Å²) in [5, 5.41) is 3.33. The average molecular weight is 214 g/mol. The van der Waals surface area contributed by atoms with Crippen LogP contribution < -0.4 is 5.32 Å². The van der Waals surface area contributed by atoms with Crippen LogP contribution in [0.4, 0.5) is 0 Å². The van der Waals surface area contributed by atoms with E-state index in [4.69, 9.17) is 0 Å². The van der Waals surface area contributed by atoms with Gasteiger partial charge in [0.15, 0.2) is 0 Å². The van der Waals surface area contributed by atoms with Crippen LogP contribution in [-0.2, 0) is 4.79 Å². The van der Waals surface area contributed by atoms with E-state index >= 15 is 0 Å². The summed E-state index contributed by atoms with van der Waals surface area (Å²) in [4.78, 5) is 14.1. The molecular weight excluding hydrogens is 196 g/mol. The fourth-order valence-corrected chi connectivity index (χ4v) is 3.29. The molecule has 2 aliphatic rings. The predicted octanol–water partition coefficient (Wildman–Crippen LogP) is 1.05. The van der Waals surface area contributed by atoms with Crippen LogP contribution in [0.3, 0.4) is 0 Å². The number of rotatable bonds is 2. The van der Waals surface area contributed by atoms with Crippen LogP contribution in [0, 0.1) is 0 Å². The summed E-state index contributed by atoms with van der Waals surface area (Å²) < 4.78 is 0. The minimum Gasteiger partial charge on any atom is -0.324 e. The molecule has 2 unspecified atom stereocenters. The lowest BCUT2D eigenvalue weighted by Crippen LogP contribution is -2.44. The van der Waals surface area contributed by atoms with Gasteiger partial charge in [-0.1, -0.05) is 6.92 Å². The van der Waals surface area contributed by atoms with Crippen LogP contribution >= 0.6 is 11.8 Å². The first-order chi connectivity index (χ1) is 6.67. The second-order valence-electron chi connectivity index (χ2n) is 4.31. The Kier molecular flexibility index (Phi) is 2.75. The van der Waals surface area contributed by atoms with Crippen molar-refractivity contribution in [3.8, 4) is 0 Å².